The van der Waals surface area contributed by atoms with Crippen molar-refractivity contribution >= 4 is 0 Å². The summed E-state index contributed by atoms with van der Waals surface area (Å²) >= 11 is 0. The van der Waals surface area contributed by atoms with Crippen LogP contribution in [0, 0.1) is 0 Å². The second kappa shape index (κ2) is 14.6. The van der Waals surface area contributed by atoms with Crippen molar-refractivity contribution in [3.8, 4) is 0 Å². The van der Waals surface area contributed by atoms with Crippen LogP contribution in [0.4, 0.5) is 0 Å². The lowest BCUT2D eigenvalue weighted by Gasteiger charge is -2.43. The van der Waals surface area contributed by atoms with Gasteiger partial charge in [-0.05, 0) is 38.8 Å². The summed E-state index contributed by atoms with van der Waals surface area (Å²) in [5.74, 6) is 0. The summed E-state index contributed by atoms with van der Waals surface area (Å²) in [7, 11) is 0. The molecule has 0 saturated carbocycles. The van der Waals surface area contributed by atoms with E-state index >= 15 is 0 Å². The highest BCUT2D eigenvalue weighted by molar-refractivity contribution is 5.14. The van der Waals surface area contributed by atoms with Gasteiger partial charge >= 0.3 is 0 Å². The van der Waals surface area contributed by atoms with Crippen LogP contribution < -0.4 is 0 Å². The van der Waals surface area contributed by atoms with Crippen LogP contribution in [0.3, 0.4) is 0 Å². The molecule has 0 aromatic heterocycles. The van der Waals surface area contributed by atoms with Gasteiger partial charge < -0.3 is 40.9 Å². The summed E-state index contributed by atoms with van der Waals surface area (Å²) in [6.45, 7) is 1.36. The third kappa shape index (κ3) is 8.10. The van der Waals surface area contributed by atoms with Gasteiger partial charge in [-0.25, -0.2) is 0 Å². The van der Waals surface area contributed by atoms with E-state index < -0.39 is 48.8 Å². The monoisotopic (exact) mass is 564 g/mol. The van der Waals surface area contributed by atoms with Crippen molar-refractivity contribution in [3.05, 3.63) is 48.6 Å². The average Bonchev–Trinajstić information content (AvgIpc) is 2.90. The Kier molecular flexibility index (Phi) is 11.5. The van der Waals surface area contributed by atoms with Gasteiger partial charge in [-0.1, -0.05) is 61.4 Å². The van der Waals surface area contributed by atoms with Gasteiger partial charge in [0.2, 0.25) is 0 Å². The van der Waals surface area contributed by atoms with Crippen LogP contribution in [0.25, 0.3) is 0 Å². The summed E-state index contributed by atoms with van der Waals surface area (Å²) in [4.78, 5) is 4.30. The fourth-order valence-electron chi connectivity index (χ4n) is 6.51. The van der Waals surface area contributed by atoms with E-state index in [0.29, 0.717) is 19.4 Å². The van der Waals surface area contributed by atoms with E-state index in [0.717, 1.165) is 32.2 Å². The highest BCUT2D eigenvalue weighted by Crippen LogP contribution is 2.28. The molecule has 0 heterocycles. The fraction of sp³-hybridized carbons (Fsp3) is 0.733. The summed E-state index contributed by atoms with van der Waals surface area (Å²) in [6.07, 6.45) is 12.6. The van der Waals surface area contributed by atoms with Gasteiger partial charge in [-0.15, -0.1) is 0 Å². The molecule has 0 radical (unpaired) electrons. The highest BCUT2D eigenvalue weighted by Gasteiger charge is 2.37. The maximum absolute atomic E-state index is 10.7. The predicted molar refractivity (Wildman–Crippen MR) is 150 cm³/mol. The van der Waals surface area contributed by atoms with E-state index in [9.17, 15) is 40.9 Å². The van der Waals surface area contributed by atoms with Gasteiger partial charge in [0.25, 0.3) is 0 Å². The van der Waals surface area contributed by atoms with Crippen LogP contribution in [0.2, 0.25) is 0 Å². The van der Waals surface area contributed by atoms with Gasteiger partial charge in [-0.2, -0.15) is 0 Å². The third-order valence-electron chi connectivity index (χ3n) is 8.83. The van der Waals surface area contributed by atoms with Gasteiger partial charge in [0.1, 0.15) is 0 Å². The molecule has 226 valence electrons. The quantitative estimate of drug-likeness (QED) is 0.119. The number of aliphatic hydroxyl groups excluding tert-OH is 8. The SMILES string of the molecule is OC1C=CC(N(CCCCCCN([C@H]2C=C[C@@H](O)CC2O)[C@H]2C=C[C@@H](O)CC2O)C2C=CC(O)C(O)C2)CC1O. The number of rotatable bonds is 11. The normalized spacial score (nSPS) is 41.8. The van der Waals surface area contributed by atoms with Crippen LogP contribution in [-0.2, 0) is 0 Å². The molecular weight excluding hydrogens is 516 g/mol. The fourth-order valence-corrected chi connectivity index (χ4v) is 6.51. The topological polar surface area (TPSA) is 168 Å². The van der Waals surface area contributed by atoms with Crippen molar-refractivity contribution in [1.82, 2.24) is 9.80 Å². The van der Waals surface area contributed by atoms with Crippen molar-refractivity contribution in [2.75, 3.05) is 13.1 Å². The molecule has 0 aromatic rings. The molecule has 0 fully saturated rings. The Labute approximate surface area is 236 Å². The van der Waals surface area contributed by atoms with Crippen molar-refractivity contribution in [2.45, 2.75) is 124 Å². The van der Waals surface area contributed by atoms with Crippen molar-refractivity contribution in [2.24, 2.45) is 0 Å². The van der Waals surface area contributed by atoms with Crippen LogP contribution in [0.5, 0.6) is 0 Å². The second-order valence-corrected chi connectivity index (χ2v) is 11.9. The Hall–Kier alpha value is -1.44. The lowest BCUT2D eigenvalue weighted by Crippen LogP contribution is -2.55. The van der Waals surface area contributed by atoms with Crippen molar-refractivity contribution < 1.29 is 40.9 Å². The zero-order valence-corrected chi connectivity index (χ0v) is 23.1. The van der Waals surface area contributed by atoms with E-state index in [-0.39, 0.29) is 37.0 Å². The minimum Gasteiger partial charge on any atom is -0.391 e. The molecule has 4 rings (SSSR count). The van der Waals surface area contributed by atoms with Crippen molar-refractivity contribution in [1.29, 1.82) is 0 Å². The Morgan fingerprint density at radius 2 is 0.850 bits per heavy atom. The van der Waals surface area contributed by atoms with Crippen LogP contribution in [0.1, 0.15) is 51.4 Å². The molecule has 10 nitrogen and oxygen atoms in total. The van der Waals surface area contributed by atoms with E-state index in [4.69, 9.17) is 0 Å². The van der Waals surface area contributed by atoms with Crippen molar-refractivity contribution in [3.63, 3.8) is 0 Å². The summed E-state index contributed by atoms with van der Waals surface area (Å²) in [5, 5.41) is 81.6. The third-order valence-corrected chi connectivity index (χ3v) is 8.83. The molecule has 40 heavy (non-hydrogen) atoms. The Bertz CT molecular complexity index is 848. The summed E-state index contributed by atoms with van der Waals surface area (Å²) < 4.78 is 0. The molecule has 0 bridgehead atoms. The Morgan fingerprint density at radius 1 is 0.425 bits per heavy atom. The maximum Gasteiger partial charge on any atom is 0.0981 e. The van der Waals surface area contributed by atoms with Crippen LogP contribution in [-0.4, -0.2) is 137 Å². The Balaban J connectivity index is 1.33. The maximum atomic E-state index is 10.7. The molecule has 12 atom stereocenters. The number of aliphatic hydroxyl groups is 8. The number of unbranched alkanes of at least 4 members (excludes halogenated alkanes) is 3. The van der Waals surface area contributed by atoms with E-state index in [1.54, 1.807) is 24.3 Å². The number of nitrogens with zero attached hydrogens (tertiary/aromatic N) is 2. The first-order chi connectivity index (χ1) is 19.1. The van der Waals surface area contributed by atoms with Gasteiger partial charge in [0.15, 0.2) is 0 Å². The molecule has 4 aliphatic rings. The molecule has 0 aromatic carbocycles. The molecule has 4 aliphatic carbocycles. The molecule has 0 saturated heterocycles. The Morgan fingerprint density at radius 3 is 1.25 bits per heavy atom. The molecular formula is C30H48N2O8. The standard InChI is InChI=1S/C30H48N2O8/c33-21-7-9-23(27(37)17-21)32(24-10-8-22(34)18-28(24)38)14-4-2-1-3-13-31(19-5-11-25(35)29(39)15-19)20-6-12-26(36)30(40)16-20/h5-12,19-30,33-40H,1-4,13-18H2/t19?,20?,21-,22-,23+,24+,25?,26?,27?,28?,29?,30?/m1/s1. The minimum absolute atomic E-state index is 0.0872. The van der Waals surface area contributed by atoms with E-state index in [1.165, 1.54) is 0 Å². The second-order valence-electron chi connectivity index (χ2n) is 11.9. The molecule has 8 N–H and O–H groups in total. The predicted octanol–water partition coefficient (Wildman–Crippen LogP) is -0.648. The molecule has 0 amide bonds. The van der Waals surface area contributed by atoms with Gasteiger partial charge in [-0.3, -0.25) is 9.80 Å². The van der Waals surface area contributed by atoms with Gasteiger partial charge in [0.05, 0.1) is 60.9 Å². The summed E-state index contributed by atoms with van der Waals surface area (Å²) in [5.41, 5.74) is 0. The first-order valence-electron chi connectivity index (χ1n) is 14.8. The lowest BCUT2D eigenvalue weighted by molar-refractivity contribution is -0.0219. The summed E-state index contributed by atoms with van der Waals surface area (Å²) in [6, 6.07) is -0.844. The molecule has 0 spiro atoms. The zero-order chi connectivity index (χ0) is 28.8. The lowest BCUT2D eigenvalue weighted by atomic mass is 9.90. The number of hydrogen-bond donors (Lipinski definition) is 8. The smallest absolute Gasteiger partial charge is 0.0981 e. The first kappa shape index (κ1) is 31.5. The molecule has 10 heteroatoms. The van der Waals surface area contributed by atoms with Gasteiger partial charge in [0, 0.05) is 24.9 Å². The average molecular weight is 565 g/mol. The van der Waals surface area contributed by atoms with Crippen LogP contribution >= 0.6 is 0 Å². The number of hydrogen-bond acceptors (Lipinski definition) is 10. The largest absolute Gasteiger partial charge is 0.391 e. The van der Waals surface area contributed by atoms with Crippen LogP contribution in [0.15, 0.2) is 48.6 Å². The zero-order valence-electron chi connectivity index (χ0n) is 23.1. The van der Waals surface area contributed by atoms with E-state index in [2.05, 4.69) is 9.80 Å². The molecule has 0 aliphatic heterocycles. The minimum atomic E-state index is -0.878. The van der Waals surface area contributed by atoms with E-state index in [1.807, 2.05) is 24.3 Å². The first-order valence-corrected chi connectivity index (χ1v) is 14.8. The highest BCUT2D eigenvalue weighted by atomic mass is 16.3. The molecule has 8 unspecified atom stereocenters.